The number of benzene rings is 2. The molecular formula is C19H13ClFNO2. The summed E-state index contributed by atoms with van der Waals surface area (Å²) < 4.78 is 17.9. The van der Waals surface area contributed by atoms with Crippen molar-refractivity contribution in [2.45, 2.75) is 0 Å². The average Bonchev–Trinajstić information content (AvgIpc) is 2.62. The van der Waals surface area contributed by atoms with Gasteiger partial charge >= 0.3 is 5.97 Å². The van der Waals surface area contributed by atoms with Gasteiger partial charge in [-0.1, -0.05) is 23.7 Å². The van der Waals surface area contributed by atoms with Gasteiger partial charge in [-0.25, -0.2) is 14.2 Å². The Morgan fingerprint density at radius 1 is 0.958 bits per heavy atom. The number of aromatic nitrogens is 1. The van der Waals surface area contributed by atoms with Crippen molar-refractivity contribution in [3.8, 4) is 22.5 Å². The van der Waals surface area contributed by atoms with Crippen molar-refractivity contribution in [2.24, 2.45) is 0 Å². The van der Waals surface area contributed by atoms with Crippen molar-refractivity contribution in [1.82, 2.24) is 4.98 Å². The number of pyridine rings is 1. The molecule has 0 atom stereocenters. The molecule has 0 radical (unpaired) electrons. The van der Waals surface area contributed by atoms with Crippen LogP contribution in [0.2, 0.25) is 5.02 Å². The van der Waals surface area contributed by atoms with Gasteiger partial charge < -0.3 is 4.74 Å². The zero-order valence-electron chi connectivity index (χ0n) is 12.8. The number of carbonyl (C=O) groups excluding carboxylic acids is 1. The lowest BCUT2D eigenvalue weighted by Crippen LogP contribution is -2.03. The van der Waals surface area contributed by atoms with Crippen LogP contribution in [0.15, 0.2) is 60.7 Å². The third kappa shape index (κ3) is 3.44. The standard InChI is InChI=1S/C19H13ClFNO2/c1-24-19(23)14-10-17(12-2-6-15(20)7-3-12)22-18(11-14)13-4-8-16(21)9-5-13/h2-11H,1H3. The van der Waals surface area contributed by atoms with Gasteiger partial charge in [-0.3, -0.25) is 0 Å². The number of methoxy groups -OCH3 is 1. The molecule has 5 heteroatoms. The fourth-order valence-corrected chi connectivity index (χ4v) is 2.43. The second kappa shape index (κ2) is 6.81. The maximum atomic E-state index is 13.1. The van der Waals surface area contributed by atoms with Gasteiger partial charge in [0.25, 0.3) is 0 Å². The maximum Gasteiger partial charge on any atom is 0.338 e. The number of carbonyl (C=O) groups is 1. The van der Waals surface area contributed by atoms with Gasteiger partial charge in [0, 0.05) is 16.1 Å². The van der Waals surface area contributed by atoms with E-state index in [1.165, 1.54) is 19.2 Å². The van der Waals surface area contributed by atoms with Gasteiger partial charge in [0.05, 0.1) is 24.1 Å². The second-order valence-corrected chi connectivity index (χ2v) is 5.57. The molecule has 1 aromatic heterocycles. The summed E-state index contributed by atoms with van der Waals surface area (Å²) in [6, 6.07) is 16.4. The number of rotatable bonds is 3. The topological polar surface area (TPSA) is 39.2 Å². The average molecular weight is 342 g/mol. The van der Waals surface area contributed by atoms with E-state index >= 15 is 0 Å². The van der Waals surface area contributed by atoms with E-state index in [-0.39, 0.29) is 5.82 Å². The molecule has 0 unspecified atom stereocenters. The monoisotopic (exact) mass is 341 g/mol. The summed E-state index contributed by atoms with van der Waals surface area (Å²) >= 11 is 5.92. The minimum absolute atomic E-state index is 0.333. The predicted molar refractivity (Wildman–Crippen MR) is 91.4 cm³/mol. The van der Waals surface area contributed by atoms with Gasteiger partial charge in [-0.05, 0) is 48.5 Å². The third-order valence-corrected chi connectivity index (χ3v) is 3.78. The molecule has 0 aliphatic rings. The predicted octanol–water partition coefficient (Wildman–Crippen LogP) is 4.99. The van der Waals surface area contributed by atoms with Gasteiger partial charge in [0.1, 0.15) is 5.82 Å². The Morgan fingerprint density at radius 3 is 1.96 bits per heavy atom. The van der Waals surface area contributed by atoms with Crippen LogP contribution in [-0.4, -0.2) is 18.1 Å². The van der Waals surface area contributed by atoms with Crippen molar-refractivity contribution in [3.63, 3.8) is 0 Å². The van der Waals surface area contributed by atoms with Crippen molar-refractivity contribution >= 4 is 17.6 Å². The summed E-state index contributed by atoms with van der Waals surface area (Å²) in [5.74, 6) is -0.795. The highest BCUT2D eigenvalue weighted by atomic mass is 35.5. The number of hydrogen-bond acceptors (Lipinski definition) is 3. The Bertz CT molecular complexity index is 813. The molecule has 0 spiro atoms. The number of halogens is 2. The van der Waals surface area contributed by atoms with E-state index in [4.69, 9.17) is 16.3 Å². The van der Waals surface area contributed by atoms with Crippen LogP contribution < -0.4 is 0 Å². The van der Waals surface area contributed by atoms with Crippen LogP contribution in [-0.2, 0) is 4.74 Å². The Morgan fingerprint density at radius 2 is 1.46 bits per heavy atom. The first-order valence-electron chi connectivity index (χ1n) is 7.19. The summed E-state index contributed by atoms with van der Waals surface area (Å²) in [6.45, 7) is 0. The molecule has 120 valence electrons. The van der Waals surface area contributed by atoms with Crippen LogP contribution in [0.25, 0.3) is 22.5 Å². The summed E-state index contributed by atoms with van der Waals surface area (Å²) in [5, 5.41) is 0.613. The molecule has 0 aliphatic carbocycles. The molecule has 3 aromatic rings. The van der Waals surface area contributed by atoms with Gasteiger partial charge in [0.2, 0.25) is 0 Å². The first-order valence-corrected chi connectivity index (χ1v) is 7.57. The Balaban J connectivity index is 2.14. The highest BCUT2D eigenvalue weighted by molar-refractivity contribution is 6.30. The molecule has 3 rings (SSSR count). The minimum Gasteiger partial charge on any atom is -0.465 e. The molecule has 0 amide bonds. The van der Waals surface area contributed by atoms with Crippen LogP contribution in [0.5, 0.6) is 0 Å². The minimum atomic E-state index is -0.462. The van der Waals surface area contributed by atoms with Crippen molar-refractivity contribution in [1.29, 1.82) is 0 Å². The molecule has 0 bridgehead atoms. The van der Waals surface area contributed by atoms with E-state index in [1.807, 2.05) is 12.1 Å². The molecule has 0 N–H and O–H groups in total. The van der Waals surface area contributed by atoms with Crippen molar-refractivity contribution in [2.75, 3.05) is 7.11 Å². The zero-order chi connectivity index (χ0) is 17.1. The van der Waals surface area contributed by atoms with Crippen LogP contribution in [0.1, 0.15) is 10.4 Å². The third-order valence-electron chi connectivity index (χ3n) is 3.53. The largest absolute Gasteiger partial charge is 0.465 e. The van der Waals surface area contributed by atoms with E-state index in [0.717, 1.165) is 5.56 Å². The van der Waals surface area contributed by atoms with E-state index in [9.17, 15) is 9.18 Å². The van der Waals surface area contributed by atoms with Crippen molar-refractivity contribution < 1.29 is 13.9 Å². The van der Waals surface area contributed by atoms with Gasteiger partial charge in [0.15, 0.2) is 0 Å². The number of nitrogens with zero attached hydrogens (tertiary/aromatic N) is 1. The normalized spacial score (nSPS) is 10.5. The summed E-state index contributed by atoms with van der Waals surface area (Å²) in [4.78, 5) is 16.5. The molecule has 0 saturated heterocycles. The maximum absolute atomic E-state index is 13.1. The fraction of sp³-hybridized carbons (Fsp3) is 0.0526. The van der Waals surface area contributed by atoms with Crippen molar-refractivity contribution in [3.05, 3.63) is 77.1 Å². The Hall–Kier alpha value is -2.72. The Labute approximate surface area is 143 Å². The van der Waals surface area contributed by atoms with E-state index < -0.39 is 5.97 Å². The summed E-state index contributed by atoms with van der Waals surface area (Å²) in [6.07, 6.45) is 0. The molecule has 0 aliphatic heterocycles. The second-order valence-electron chi connectivity index (χ2n) is 5.13. The van der Waals surface area contributed by atoms with Gasteiger partial charge in [-0.15, -0.1) is 0 Å². The highest BCUT2D eigenvalue weighted by Crippen LogP contribution is 2.26. The first kappa shape index (κ1) is 16.1. The van der Waals surface area contributed by atoms with Gasteiger partial charge in [-0.2, -0.15) is 0 Å². The molecule has 24 heavy (non-hydrogen) atoms. The van der Waals surface area contributed by atoms with Crippen LogP contribution in [0.3, 0.4) is 0 Å². The van der Waals surface area contributed by atoms with Crippen LogP contribution in [0.4, 0.5) is 4.39 Å². The molecule has 0 fully saturated rings. The molecule has 1 heterocycles. The lowest BCUT2D eigenvalue weighted by Gasteiger charge is -2.09. The quantitative estimate of drug-likeness (QED) is 0.630. The number of ether oxygens (including phenoxy) is 1. The lowest BCUT2D eigenvalue weighted by atomic mass is 10.0. The number of esters is 1. The fourth-order valence-electron chi connectivity index (χ4n) is 2.30. The van der Waals surface area contributed by atoms with Crippen LogP contribution >= 0.6 is 11.6 Å². The van der Waals surface area contributed by atoms with Crippen LogP contribution in [0, 0.1) is 5.82 Å². The highest BCUT2D eigenvalue weighted by Gasteiger charge is 2.12. The lowest BCUT2D eigenvalue weighted by molar-refractivity contribution is 0.0600. The molecule has 2 aromatic carbocycles. The van der Waals surface area contributed by atoms with E-state index in [2.05, 4.69) is 4.98 Å². The van der Waals surface area contributed by atoms with E-state index in [1.54, 1.807) is 36.4 Å². The zero-order valence-corrected chi connectivity index (χ0v) is 13.5. The van der Waals surface area contributed by atoms with E-state index in [0.29, 0.717) is 27.5 Å². The summed E-state index contributed by atoms with van der Waals surface area (Å²) in [5.41, 5.74) is 3.05. The smallest absolute Gasteiger partial charge is 0.338 e. The number of hydrogen-bond donors (Lipinski definition) is 0. The SMILES string of the molecule is COC(=O)c1cc(-c2ccc(F)cc2)nc(-c2ccc(Cl)cc2)c1. The molecular weight excluding hydrogens is 329 g/mol. The Kier molecular flexibility index (Phi) is 4.58. The summed E-state index contributed by atoms with van der Waals surface area (Å²) in [7, 11) is 1.32. The molecule has 3 nitrogen and oxygen atoms in total. The first-order chi connectivity index (χ1) is 11.6. The molecule has 0 saturated carbocycles.